The second-order valence-electron chi connectivity index (χ2n) is 5.53. The van der Waals surface area contributed by atoms with Gasteiger partial charge in [-0.05, 0) is 30.3 Å². The summed E-state index contributed by atoms with van der Waals surface area (Å²) in [4.78, 5) is 16.1. The molecule has 2 N–H and O–H groups in total. The van der Waals surface area contributed by atoms with Crippen LogP contribution >= 0.6 is 0 Å². The SMILES string of the molecule is COc1ccc(-c2cc(C(F)(F)F)n3nc(C(=O)NCCO)cc3n2)cc1. The summed E-state index contributed by atoms with van der Waals surface area (Å²) >= 11 is 0. The molecule has 2 aromatic heterocycles. The average Bonchev–Trinajstić information content (AvgIpc) is 3.08. The van der Waals surface area contributed by atoms with Gasteiger partial charge in [-0.2, -0.15) is 18.3 Å². The normalized spacial score (nSPS) is 11.6. The Morgan fingerprint density at radius 3 is 2.56 bits per heavy atom. The summed E-state index contributed by atoms with van der Waals surface area (Å²) in [6.45, 7) is -0.337. The molecule has 0 bridgehead atoms. The van der Waals surface area contributed by atoms with E-state index in [1.807, 2.05) is 0 Å². The van der Waals surface area contributed by atoms with Crippen LogP contribution in [-0.4, -0.2) is 45.9 Å². The Morgan fingerprint density at radius 2 is 1.96 bits per heavy atom. The van der Waals surface area contributed by atoms with E-state index in [9.17, 15) is 18.0 Å². The van der Waals surface area contributed by atoms with E-state index in [1.165, 1.54) is 7.11 Å². The quantitative estimate of drug-likeness (QED) is 0.708. The third-order valence-corrected chi connectivity index (χ3v) is 3.73. The maximum Gasteiger partial charge on any atom is 0.433 e. The number of halogens is 3. The van der Waals surface area contributed by atoms with Gasteiger partial charge in [0.1, 0.15) is 5.75 Å². The number of nitrogens with one attached hydrogen (secondary N) is 1. The van der Waals surface area contributed by atoms with Crippen LogP contribution in [0.5, 0.6) is 5.75 Å². The molecule has 10 heteroatoms. The lowest BCUT2D eigenvalue weighted by atomic mass is 10.1. The minimum atomic E-state index is -4.70. The monoisotopic (exact) mass is 380 g/mol. The summed E-state index contributed by atoms with van der Waals surface area (Å²) in [6.07, 6.45) is -4.70. The van der Waals surface area contributed by atoms with Crippen LogP contribution in [0.3, 0.4) is 0 Å². The van der Waals surface area contributed by atoms with Gasteiger partial charge in [0.2, 0.25) is 0 Å². The minimum Gasteiger partial charge on any atom is -0.497 e. The number of rotatable bonds is 5. The maximum absolute atomic E-state index is 13.5. The Labute approximate surface area is 151 Å². The second kappa shape index (κ2) is 7.23. The molecule has 1 aromatic carbocycles. The molecule has 0 spiro atoms. The van der Waals surface area contributed by atoms with Gasteiger partial charge in [0.05, 0.1) is 19.4 Å². The molecule has 0 unspecified atom stereocenters. The fourth-order valence-corrected chi connectivity index (χ4v) is 2.46. The zero-order chi connectivity index (χ0) is 19.6. The lowest BCUT2D eigenvalue weighted by Crippen LogP contribution is -2.26. The summed E-state index contributed by atoms with van der Waals surface area (Å²) in [5.74, 6) is -0.142. The number of amides is 1. The van der Waals surface area contributed by atoms with Crippen LogP contribution in [0, 0.1) is 0 Å². The molecular weight excluding hydrogens is 365 g/mol. The van der Waals surface area contributed by atoms with Crippen molar-refractivity contribution in [3.05, 3.63) is 47.8 Å². The number of nitrogens with zero attached hydrogens (tertiary/aromatic N) is 3. The maximum atomic E-state index is 13.5. The van der Waals surface area contributed by atoms with Crippen LogP contribution in [0.25, 0.3) is 16.9 Å². The molecule has 7 nitrogen and oxygen atoms in total. The van der Waals surface area contributed by atoms with E-state index in [-0.39, 0.29) is 30.2 Å². The van der Waals surface area contributed by atoms with Crippen molar-refractivity contribution in [1.82, 2.24) is 19.9 Å². The summed E-state index contributed by atoms with van der Waals surface area (Å²) in [7, 11) is 1.48. The first-order valence-electron chi connectivity index (χ1n) is 7.85. The first-order chi connectivity index (χ1) is 12.8. The number of alkyl halides is 3. The number of aromatic nitrogens is 3. The van der Waals surface area contributed by atoms with Crippen molar-refractivity contribution >= 4 is 11.6 Å². The largest absolute Gasteiger partial charge is 0.497 e. The van der Waals surface area contributed by atoms with E-state index in [2.05, 4.69) is 15.4 Å². The van der Waals surface area contributed by atoms with Gasteiger partial charge < -0.3 is 15.2 Å². The number of benzene rings is 1. The molecule has 142 valence electrons. The van der Waals surface area contributed by atoms with Crippen LogP contribution in [0.1, 0.15) is 16.2 Å². The highest BCUT2D eigenvalue weighted by atomic mass is 19.4. The van der Waals surface area contributed by atoms with E-state index in [0.29, 0.717) is 15.8 Å². The van der Waals surface area contributed by atoms with E-state index in [4.69, 9.17) is 9.84 Å². The van der Waals surface area contributed by atoms with E-state index in [0.717, 1.165) is 12.1 Å². The van der Waals surface area contributed by atoms with Gasteiger partial charge in [0.25, 0.3) is 5.91 Å². The number of hydrogen-bond donors (Lipinski definition) is 2. The topological polar surface area (TPSA) is 88.8 Å². The molecule has 0 saturated carbocycles. The van der Waals surface area contributed by atoms with Crippen molar-refractivity contribution < 1.29 is 27.8 Å². The molecule has 0 atom stereocenters. The summed E-state index contributed by atoms with van der Waals surface area (Å²) in [6, 6.07) is 8.43. The molecule has 3 rings (SSSR count). The molecule has 0 aliphatic rings. The first-order valence-corrected chi connectivity index (χ1v) is 7.85. The number of fused-ring (bicyclic) bond motifs is 1. The van der Waals surface area contributed by atoms with Crippen LogP contribution in [-0.2, 0) is 6.18 Å². The fraction of sp³-hybridized carbons (Fsp3) is 0.235. The molecular formula is C17H15F3N4O3. The number of methoxy groups -OCH3 is 1. The third kappa shape index (κ3) is 3.85. The number of hydrogen-bond acceptors (Lipinski definition) is 5. The van der Waals surface area contributed by atoms with Crippen molar-refractivity contribution in [3.63, 3.8) is 0 Å². The number of carbonyl (C=O) groups excluding carboxylic acids is 1. The van der Waals surface area contributed by atoms with Gasteiger partial charge >= 0.3 is 6.18 Å². The van der Waals surface area contributed by atoms with Crippen molar-refractivity contribution in [2.45, 2.75) is 6.18 Å². The Morgan fingerprint density at radius 1 is 1.26 bits per heavy atom. The smallest absolute Gasteiger partial charge is 0.433 e. The van der Waals surface area contributed by atoms with E-state index >= 15 is 0 Å². The van der Waals surface area contributed by atoms with Crippen LogP contribution < -0.4 is 10.1 Å². The van der Waals surface area contributed by atoms with Crippen LogP contribution in [0.4, 0.5) is 13.2 Å². The minimum absolute atomic E-state index is 0.0383. The lowest BCUT2D eigenvalue weighted by Gasteiger charge is -2.11. The molecule has 1 amide bonds. The Bertz CT molecular complexity index is 968. The third-order valence-electron chi connectivity index (χ3n) is 3.73. The highest BCUT2D eigenvalue weighted by Gasteiger charge is 2.35. The molecule has 0 radical (unpaired) electrons. The van der Waals surface area contributed by atoms with E-state index in [1.54, 1.807) is 24.3 Å². The van der Waals surface area contributed by atoms with E-state index < -0.39 is 17.8 Å². The zero-order valence-electron chi connectivity index (χ0n) is 14.1. The fourth-order valence-electron chi connectivity index (χ4n) is 2.46. The molecule has 3 aromatic rings. The first kappa shape index (κ1) is 18.6. The highest BCUT2D eigenvalue weighted by molar-refractivity contribution is 5.93. The molecule has 0 fully saturated rings. The van der Waals surface area contributed by atoms with Crippen molar-refractivity contribution in [2.24, 2.45) is 0 Å². The predicted octanol–water partition coefficient (Wildman–Crippen LogP) is 2.15. The molecule has 27 heavy (non-hydrogen) atoms. The molecule has 0 aliphatic heterocycles. The molecule has 2 heterocycles. The van der Waals surface area contributed by atoms with Crippen LogP contribution in [0.15, 0.2) is 36.4 Å². The number of carbonyl (C=O) groups is 1. The molecule has 0 aliphatic carbocycles. The lowest BCUT2D eigenvalue weighted by molar-refractivity contribution is -0.142. The van der Waals surface area contributed by atoms with Gasteiger partial charge in [0.15, 0.2) is 17.0 Å². The number of aliphatic hydroxyl groups excluding tert-OH is 1. The van der Waals surface area contributed by atoms with Crippen molar-refractivity contribution in [3.8, 4) is 17.0 Å². The van der Waals surface area contributed by atoms with Gasteiger partial charge in [0, 0.05) is 18.2 Å². The van der Waals surface area contributed by atoms with Crippen molar-refractivity contribution in [2.75, 3.05) is 20.3 Å². The summed E-state index contributed by atoms with van der Waals surface area (Å²) in [5, 5.41) is 14.8. The predicted molar refractivity (Wildman–Crippen MR) is 89.4 cm³/mol. The Balaban J connectivity index is 2.12. The summed E-state index contributed by atoms with van der Waals surface area (Å²) in [5.41, 5.74) is -0.867. The number of aliphatic hydroxyl groups is 1. The zero-order valence-corrected chi connectivity index (χ0v) is 14.1. The standard InChI is InChI=1S/C17H15F3N4O3/c1-27-11-4-2-10(3-5-11)12-8-14(17(18,19)20)24-15(22-12)9-13(23-24)16(26)21-6-7-25/h2-5,8-9,25H,6-7H2,1H3,(H,21,26). The Kier molecular flexibility index (Phi) is 5.00. The summed E-state index contributed by atoms with van der Waals surface area (Å²) < 4.78 is 46.1. The van der Waals surface area contributed by atoms with Crippen LogP contribution in [0.2, 0.25) is 0 Å². The van der Waals surface area contributed by atoms with Gasteiger partial charge in [-0.15, -0.1) is 0 Å². The number of ether oxygens (including phenoxy) is 1. The van der Waals surface area contributed by atoms with Crippen molar-refractivity contribution in [1.29, 1.82) is 0 Å². The average molecular weight is 380 g/mol. The Hall–Kier alpha value is -3.14. The highest BCUT2D eigenvalue weighted by Crippen LogP contribution is 2.32. The van der Waals surface area contributed by atoms with Gasteiger partial charge in [-0.1, -0.05) is 0 Å². The van der Waals surface area contributed by atoms with Gasteiger partial charge in [-0.3, -0.25) is 4.79 Å². The second-order valence-corrected chi connectivity index (χ2v) is 5.53. The van der Waals surface area contributed by atoms with Gasteiger partial charge in [-0.25, -0.2) is 9.50 Å². The molecule has 0 saturated heterocycles.